The molecule has 2 aromatic carbocycles. The Morgan fingerprint density at radius 3 is 2.56 bits per heavy atom. The summed E-state index contributed by atoms with van der Waals surface area (Å²) in [4.78, 5) is 12.2. The van der Waals surface area contributed by atoms with Gasteiger partial charge in [-0.2, -0.15) is 0 Å². The fourth-order valence-electron chi connectivity index (χ4n) is 2.50. The molecule has 27 heavy (non-hydrogen) atoms. The van der Waals surface area contributed by atoms with Crippen molar-refractivity contribution in [3.8, 4) is 0 Å². The second-order valence-corrected chi connectivity index (χ2v) is 8.24. The molecule has 1 atom stereocenters. The molecule has 0 saturated heterocycles. The zero-order valence-electron chi connectivity index (χ0n) is 15.3. The molecule has 3 aromatic rings. The molecule has 3 rings (SSSR count). The Bertz CT molecular complexity index is 865. The zero-order valence-corrected chi connectivity index (χ0v) is 16.9. The lowest BCUT2D eigenvalue weighted by Crippen LogP contribution is -2.28. The average Bonchev–Trinajstić information content (AvgIpc) is 3.15. The second-order valence-electron chi connectivity index (χ2n) is 6.04. The Kier molecular flexibility index (Phi) is 6.84. The monoisotopic (exact) mass is 398 g/mol. The molecule has 0 fully saturated rings. The summed E-state index contributed by atoms with van der Waals surface area (Å²) in [6.45, 7) is 4.11. The molecule has 140 valence electrons. The maximum Gasteiger partial charge on any atom is 0.230 e. The highest BCUT2D eigenvalue weighted by Gasteiger charge is 2.12. The van der Waals surface area contributed by atoms with E-state index in [9.17, 15) is 4.79 Å². The molecular formula is C20H22N4OS2. The number of hydrogen-bond donors (Lipinski definition) is 2. The number of nitrogens with zero attached hydrogens (tertiary/aromatic N) is 2. The molecule has 1 unspecified atom stereocenters. The summed E-state index contributed by atoms with van der Waals surface area (Å²) in [5.74, 6) is 0.299. The van der Waals surface area contributed by atoms with E-state index < -0.39 is 0 Å². The number of thioether (sulfide) groups is 1. The van der Waals surface area contributed by atoms with Crippen molar-refractivity contribution in [3.05, 3.63) is 65.7 Å². The molecule has 1 aromatic heterocycles. The molecule has 7 heteroatoms. The van der Waals surface area contributed by atoms with Crippen LogP contribution in [0, 0.1) is 0 Å². The number of hydrogen-bond acceptors (Lipinski definition) is 6. The Labute approximate surface area is 167 Å². The van der Waals surface area contributed by atoms with Crippen LogP contribution in [0.3, 0.4) is 0 Å². The Morgan fingerprint density at radius 1 is 1.11 bits per heavy atom. The second kappa shape index (κ2) is 9.53. The highest BCUT2D eigenvalue weighted by atomic mass is 32.2. The Balaban J connectivity index is 1.48. The van der Waals surface area contributed by atoms with Crippen molar-refractivity contribution >= 4 is 39.8 Å². The SMILES string of the molecule is CCc1ccc(Nc2nnc(SCC(=O)NC(C)c3ccccc3)s2)cc1. The van der Waals surface area contributed by atoms with E-state index in [0.29, 0.717) is 5.75 Å². The molecule has 0 spiro atoms. The molecule has 0 radical (unpaired) electrons. The number of benzene rings is 2. The lowest BCUT2D eigenvalue weighted by molar-refractivity contribution is -0.119. The maximum absolute atomic E-state index is 12.2. The fraction of sp³-hybridized carbons (Fsp3) is 0.250. The van der Waals surface area contributed by atoms with Crippen LogP contribution in [0.5, 0.6) is 0 Å². The molecule has 0 aliphatic heterocycles. The summed E-state index contributed by atoms with van der Waals surface area (Å²) >= 11 is 2.84. The van der Waals surface area contributed by atoms with Crippen molar-refractivity contribution in [1.29, 1.82) is 0 Å². The van der Waals surface area contributed by atoms with Crippen LogP contribution in [-0.4, -0.2) is 21.9 Å². The highest BCUT2D eigenvalue weighted by Crippen LogP contribution is 2.27. The fourth-order valence-corrected chi connectivity index (χ4v) is 4.08. The van der Waals surface area contributed by atoms with Crippen LogP contribution in [0.2, 0.25) is 0 Å². The molecule has 0 aliphatic rings. The minimum absolute atomic E-state index is 0.0166. The third-order valence-corrected chi connectivity index (χ3v) is 6.00. The Morgan fingerprint density at radius 2 is 1.85 bits per heavy atom. The predicted molar refractivity (Wildman–Crippen MR) is 113 cm³/mol. The van der Waals surface area contributed by atoms with E-state index in [1.807, 2.05) is 49.4 Å². The average molecular weight is 399 g/mol. The van der Waals surface area contributed by atoms with Gasteiger partial charge in [0.15, 0.2) is 4.34 Å². The van der Waals surface area contributed by atoms with Gasteiger partial charge in [0.1, 0.15) is 0 Å². The van der Waals surface area contributed by atoms with E-state index in [2.05, 4.69) is 39.9 Å². The first-order chi connectivity index (χ1) is 13.1. The molecule has 1 amide bonds. The lowest BCUT2D eigenvalue weighted by Gasteiger charge is -2.13. The largest absolute Gasteiger partial charge is 0.349 e. The van der Waals surface area contributed by atoms with Gasteiger partial charge >= 0.3 is 0 Å². The van der Waals surface area contributed by atoms with Crippen LogP contribution < -0.4 is 10.6 Å². The van der Waals surface area contributed by atoms with Gasteiger partial charge < -0.3 is 10.6 Å². The van der Waals surface area contributed by atoms with E-state index in [0.717, 1.165) is 27.1 Å². The standard InChI is InChI=1S/C20H22N4OS2/c1-3-15-9-11-17(12-10-15)22-19-23-24-20(27-19)26-13-18(25)21-14(2)16-7-5-4-6-8-16/h4-12,14H,3,13H2,1-2H3,(H,21,25)(H,22,23). The number of rotatable bonds is 8. The number of anilines is 2. The van der Waals surface area contributed by atoms with Crippen molar-refractivity contribution in [2.24, 2.45) is 0 Å². The Hall–Kier alpha value is -2.38. The van der Waals surface area contributed by atoms with Crippen LogP contribution in [0.15, 0.2) is 58.9 Å². The smallest absolute Gasteiger partial charge is 0.230 e. The number of carbonyl (C=O) groups excluding carboxylic acids is 1. The van der Waals surface area contributed by atoms with Gasteiger partial charge in [-0.1, -0.05) is 72.5 Å². The number of carbonyl (C=O) groups is 1. The van der Waals surface area contributed by atoms with Gasteiger partial charge in [-0.3, -0.25) is 4.79 Å². The van der Waals surface area contributed by atoms with E-state index in [1.165, 1.54) is 28.7 Å². The van der Waals surface area contributed by atoms with E-state index >= 15 is 0 Å². The molecular weight excluding hydrogens is 376 g/mol. The van der Waals surface area contributed by atoms with Crippen molar-refractivity contribution < 1.29 is 4.79 Å². The minimum Gasteiger partial charge on any atom is -0.349 e. The summed E-state index contributed by atoms with van der Waals surface area (Å²) < 4.78 is 0.769. The van der Waals surface area contributed by atoms with Gasteiger partial charge in [0.2, 0.25) is 11.0 Å². The van der Waals surface area contributed by atoms with Gasteiger partial charge in [-0.25, -0.2) is 0 Å². The van der Waals surface area contributed by atoms with Crippen LogP contribution in [-0.2, 0) is 11.2 Å². The number of aromatic nitrogens is 2. The molecule has 0 saturated carbocycles. The number of nitrogens with one attached hydrogen (secondary N) is 2. The number of aryl methyl sites for hydroxylation is 1. The summed E-state index contributed by atoms with van der Waals surface area (Å²) in [5.41, 5.74) is 3.37. The summed E-state index contributed by atoms with van der Waals surface area (Å²) in [5, 5.41) is 15.3. The van der Waals surface area contributed by atoms with E-state index in [4.69, 9.17) is 0 Å². The molecule has 0 bridgehead atoms. The summed E-state index contributed by atoms with van der Waals surface area (Å²) in [7, 11) is 0. The minimum atomic E-state index is -0.0174. The third-order valence-electron chi connectivity index (χ3n) is 4.02. The van der Waals surface area contributed by atoms with E-state index in [-0.39, 0.29) is 11.9 Å². The van der Waals surface area contributed by atoms with E-state index in [1.54, 1.807) is 0 Å². The van der Waals surface area contributed by atoms with Crippen molar-refractivity contribution in [2.75, 3.05) is 11.1 Å². The molecule has 0 aliphatic carbocycles. The topological polar surface area (TPSA) is 66.9 Å². The third kappa shape index (κ3) is 5.80. The van der Waals surface area contributed by atoms with Gasteiger partial charge in [-0.05, 0) is 36.6 Å². The van der Waals surface area contributed by atoms with Crippen LogP contribution in [0.4, 0.5) is 10.8 Å². The summed E-state index contributed by atoms with van der Waals surface area (Å²) in [6.07, 6.45) is 1.02. The van der Waals surface area contributed by atoms with Crippen LogP contribution in [0.25, 0.3) is 0 Å². The highest BCUT2D eigenvalue weighted by molar-refractivity contribution is 8.01. The van der Waals surface area contributed by atoms with Crippen molar-refractivity contribution in [2.45, 2.75) is 30.6 Å². The summed E-state index contributed by atoms with van der Waals surface area (Å²) in [6, 6.07) is 18.2. The first-order valence-corrected chi connectivity index (χ1v) is 10.6. The molecule has 2 N–H and O–H groups in total. The first-order valence-electron chi connectivity index (χ1n) is 8.80. The maximum atomic E-state index is 12.2. The van der Waals surface area contributed by atoms with Crippen LogP contribution in [0.1, 0.15) is 31.0 Å². The quantitative estimate of drug-likeness (QED) is 0.533. The predicted octanol–water partition coefficient (Wildman–Crippen LogP) is 4.81. The van der Waals surface area contributed by atoms with Gasteiger partial charge in [-0.15, -0.1) is 10.2 Å². The molecule has 5 nitrogen and oxygen atoms in total. The van der Waals surface area contributed by atoms with Crippen molar-refractivity contribution in [3.63, 3.8) is 0 Å². The van der Waals surface area contributed by atoms with Crippen molar-refractivity contribution in [1.82, 2.24) is 15.5 Å². The zero-order chi connectivity index (χ0) is 19.1. The van der Waals surface area contributed by atoms with Gasteiger partial charge in [0.05, 0.1) is 11.8 Å². The normalized spacial score (nSPS) is 11.8. The number of amides is 1. The van der Waals surface area contributed by atoms with Gasteiger partial charge in [0.25, 0.3) is 0 Å². The molecule has 1 heterocycles. The van der Waals surface area contributed by atoms with Crippen LogP contribution >= 0.6 is 23.1 Å². The first kappa shape index (κ1) is 19.4. The van der Waals surface area contributed by atoms with Gasteiger partial charge in [0, 0.05) is 5.69 Å². The lowest BCUT2D eigenvalue weighted by atomic mass is 10.1.